The average Bonchev–Trinajstić information content (AvgIpc) is 2.56. The molecule has 0 amide bonds. The van der Waals surface area contributed by atoms with Crippen molar-refractivity contribution in [3.63, 3.8) is 0 Å². The standard InChI is InChI=1S/C17H30N2O7.2K/c1-2-3-4-14(20)13-19(10-7-17(25)26)12-11-18(8-5-15(21)22)9-6-16(23)24;;/h2,14,20H,1,3-13H2,(H,21,22)(H,23,24)(H,25,26);;/q;2*+1/p-2. The SMILES string of the molecule is C=CCCC(O)CN(CCC(=O)O)CCN(CCC(=O)[O-])CCC(=O)[O-].[K+].[K+]. The van der Waals surface area contributed by atoms with E-state index in [4.69, 9.17) is 5.11 Å². The van der Waals surface area contributed by atoms with E-state index in [0.29, 0.717) is 25.9 Å². The van der Waals surface area contributed by atoms with Crippen molar-refractivity contribution in [2.24, 2.45) is 0 Å². The molecular formula is C17H28K2N2O7. The molecule has 0 aliphatic carbocycles. The van der Waals surface area contributed by atoms with E-state index in [9.17, 15) is 29.7 Å². The molecule has 0 aromatic heterocycles. The first-order valence-corrected chi connectivity index (χ1v) is 8.59. The summed E-state index contributed by atoms with van der Waals surface area (Å²) in [5.41, 5.74) is 0. The molecule has 2 N–H and O–H groups in total. The van der Waals surface area contributed by atoms with Crippen molar-refractivity contribution >= 4 is 17.9 Å². The molecule has 0 heterocycles. The number of aliphatic hydroxyl groups is 1. The molecule has 150 valence electrons. The van der Waals surface area contributed by atoms with Crippen molar-refractivity contribution in [3.8, 4) is 0 Å². The number of aliphatic carboxylic acids is 3. The maximum atomic E-state index is 10.8. The Bertz CT molecular complexity index is 449. The summed E-state index contributed by atoms with van der Waals surface area (Å²) in [6.07, 6.45) is 1.64. The fourth-order valence-electron chi connectivity index (χ4n) is 2.36. The van der Waals surface area contributed by atoms with Crippen LogP contribution in [0.5, 0.6) is 0 Å². The largest absolute Gasteiger partial charge is 1.00 e. The molecule has 0 saturated carbocycles. The predicted octanol–water partition coefficient (Wildman–Crippen LogP) is -8.32. The molecule has 11 heteroatoms. The fourth-order valence-corrected chi connectivity index (χ4v) is 2.36. The van der Waals surface area contributed by atoms with Crippen LogP contribution in [0.4, 0.5) is 0 Å². The van der Waals surface area contributed by atoms with Gasteiger partial charge in [0.25, 0.3) is 0 Å². The van der Waals surface area contributed by atoms with Gasteiger partial charge in [0, 0.05) is 51.2 Å². The monoisotopic (exact) mass is 450 g/mol. The van der Waals surface area contributed by atoms with Crippen LogP contribution in [0.2, 0.25) is 0 Å². The summed E-state index contributed by atoms with van der Waals surface area (Å²) >= 11 is 0. The summed E-state index contributed by atoms with van der Waals surface area (Å²) in [7, 11) is 0. The van der Waals surface area contributed by atoms with E-state index in [2.05, 4.69) is 6.58 Å². The minimum absolute atomic E-state index is 0. The second-order valence-electron chi connectivity index (χ2n) is 6.05. The Morgan fingerprint density at radius 1 is 0.893 bits per heavy atom. The third-order valence-electron chi connectivity index (χ3n) is 3.81. The second-order valence-corrected chi connectivity index (χ2v) is 6.05. The number of allylic oxidation sites excluding steroid dienone is 1. The molecule has 0 aliphatic heterocycles. The van der Waals surface area contributed by atoms with E-state index < -0.39 is 24.0 Å². The molecule has 0 aromatic rings. The Labute approximate surface area is 251 Å². The maximum absolute atomic E-state index is 10.8. The van der Waals surface area contributed by atoms with E-state index in [-0.39, 0.29) is 148 Å². The Morgan fingerprint density at radius 2 is 1.36 bits per heavy atom. The maximum Gasteiger partial charge on any atom is 1.00 e. The van der Waals surface area contributed by atoms with Crippen LogP contribution in [0.1, 0.15) is 32.1 Å². The van der Waals surface area contributed by atoms with Crippen molar-refractivity contribution in [2.75, 3.05) is 39.3 Å². The summed E-state index contributed by atoms with van der Waals surface area (Å²) in [5.74, 6) is -3.42. The van der Waals surface area contributed by atoms with Crippen molar-refractivity contribution < 1.29 is 138 Å². The van der Waals surface area contributed by atoms with Gasteiger partial charge in [-0.3, -0.25) is 9.69 Å². The summed E-state index contributed by atoms with van der Waals surface area (Å²) < 4.78 is 0. The molecule has 0 aromatic carbocycles. The summed E-state index contributed by atoms with van der Waals surface area (Å²) in [6.45, 7) is 5.06. The van der Waals surface area contributed by atoms with E-state index in [1.54, 1.807) is 15.9 Å². The molecule has 0 rings (SSSR count). The molecule has 1 atom stereocenters. The minimum Gasteiger partial charge on any atom is -0.550 e. The van der Waals surface area contributed by atoms with Crippen LogP contribution in [-0.4, -0.2) is 83.3 Å². The number of aliphatic hydroxyl groups excluding tert-OH is 1. The molecule has 1 unspecified atom stereocenters. The van der Waals surface area contributed by atoms with Crippen molar-refractivity contribution in [3.05, 3.63) is 12.7 Å². The number of hydrogen-bond donors (Lipinski definition) is 2. The Hall–Kier alpha value is 1.30. The van der Waals surface area contributed by atoms with E-state index in [1.807, 2.05) is 0 Å². The number of rotatable bonds is 17. The molecule has 9 nitrogen and oxygen atoms in total. The normalized spacial score (nSPS) is 11.4. The van der Waals surface area contributed by atoms with E-state index in [0.717, 1.165) is 0 Å². The molecule has 0 spiro atoms. The van der Waals surface area contributed by atoms with Gasteiger partial charge in [0.15, 0.2) is 0 Å². The van der Waals surface area contributed by atoms with Gasteiger partial charge in [-0.2, -0.15) is 0 Å². The van der Waals surface area contributed by atoms with Crippen molar-refractivity contribution in [1.82, 2.24) is 9.80 Å². The van der Waals surface area contributed by atoms with Crippen LogP contribution in [0, 0.1) is 0 Å². The topological polar surface area (TPSA) is 144 Å². The van der Waals surface area contributed by atoms with Crippen LogP contribution in [0.25, 0.3) is 0 Å². The number of carboxylic acids is 3. The summed E-state index contributed by atoms with van der Waals surface area (Å²) in [6, 6.07) is 0. The molecular weight excluding hydrogens is 422 g/mol. The van der Waals surface area contributed by atoms with Crippen molar-refractivity contribution in [1.29, 1.82) is 0 Å². The second kappa shape index (κ2) is 21.5. The average molecular weight is 451 g/mol. The Kier molecular flexibility index (Phi) is 26.1. The third-order valence-corrected chi connectivity index (χ3v) is 3.81. The number of nitrogens with zero attached hydrogens (tertiary/aromatic N) is 2. The molecule has 0 aliphatic rings. The quantitative estimate of drug-likeness (QED) is 0.163. The molecule has 0 fully saturated rings. The predicted molar refractivity (Wildman–Crippen MR) is 89.8 cm³/mol. The van der Waals surface area contributed by atoms with E-state index >= 15 is 0 Å². The first-order chi connectivity index (χ1) is 12.2. The van der Waals surface area contributed by atoms with Crippen LogP contribution < -0.4 is 113 Å². The van der Waals surface area contributed by atoms with Gasteiger partial charge < -0.3 is 34.9 Å². The Balaban J connectivity index is -0.00000312. The van der Waals surface area contributed by atoms with E-state index in [1.165, 1.54) is 0 Å². The van der Waals surface area contributed by atoms with Gasteiger partial charge in [0.1, 0.15) is 0 Å². The van der Waals surface area contributed by atoms with Crippen LogP contribution in [0.3, 0.4) is 0 Å². The van der Waals surface area contributed by atoms with Crippen LogP contribution in [0.15, 0.2) is 12.7 Å². The Morgan fingerprint density at radius 3 is 1.79 bits per heavy atom. The number of hydrogen-bond acceptors (Lipinski definition) is 8. The summed E-state index contributed by atoms with van der Waals surface area (Å²) in [4.78, 5) is 35.5. The first kappa shape index (κ1) is 33.9. The van der Waals surface area contributed by atoms with Crippen LogP contribution in [-0.2, 0) is 14.4 Å². The first-order valence-electron chi connectivity index (χ1n) is 8.59. The zero-order valence-electron chi connectivity index (χ0n) is 17.0. The van der Waals surface area contributed by atoms with Crippen molar-refractivity contribution in [2.45, 2.75) is 38.2 Å². The van der Waals surface area contributed by atoms with Gasteiger partial charge in [-0.1, -0.05) is 6.08 Å². The van der Waals surface area contributed by atoms with Crippen LogP contribution >= 0.6 is 0 Å². The van der Waals surface area contributed by atoms with Gasteiger partial charge >= 0.3 is 109 Å². The smallest absolute Gasteiger partial charge is 0.550 e. The summed E-state index contributed by atoms with van der Waals surface area (Å²) in [5, 5.41) is 40.1. The zero-order chi connectivity index (χ0) is 19.9. The molecule has 0 radical (unpaired) electrons. The van der Waals surface area contributed by atoms with Gasteiger partial charge in [-0.15, -0.1) is 6.58 Å². The number of carbonyl (C=O) groups is 3. The molecule has 28 heavy (non-hydrogen) atoms. The number of carboxylic acid groups (broad SMARTS) is 3. The number of carbonyl (C=O) groups excluding carboxylic acids is 2. The minimum atomic E-state index is -1.23. The van der Waals surface area contributed by atoms with Gasteiger partial charge in [0.05, 0.1) is 12.5 Å². The fraction of sp³-hybridized carbons (Fsp3) is 0.706. The zero-order valence-corrected chi connectivity index (χ0v) is 23.2. The van der Waals surface area contributed by atoms with Gasteiger partial charge in [-0.25, -0.2) is 0 Å². The molecule has 0 bridgehead atoms. The van der Waals surface area contributed by atoms with Gasteiger partial charge in [0.2, 0.25) is 0 Å². The van der Waals surface area contributed by atoms with Gasteiger partial charge in [-0.05, 0) is 25.7 Å². The third kappa shape index (κ3) is 22.0. The molecule has 0 saturated heterocycles.